The Morgan fingerprint density at radius 3 is 2.59 bits per heavy atom. The molecular formula is C22H26FN3O3. The number of aryl methyl sites for hydroxylation is 1. The van der Waals surface area contributed by atoms with Crippen molar-refractivity contribution >= 4 is 17.5 Å². The number of benzene rings is 2. The molecule has 7 heteroatoms. The van der Waals surface area contributed by atoms with Crippen LogP contribution in [-0.2, 0) is 4.79 Å². The molecule has 0 aromatic heterocycles. The van der Waals surface area contributed by atoms with E-state index in [4.69, 9.17) is 4.74 Å². The molecule has 0 unspecified atom stereocenters. The summed E-state index contributed by atoms with van der Waals surface area (Å²) in [5.41, 5.74) is 1.75. The highest BCUT2D eigenvalue weighted by molar-refractivity contribution is 5.95. The van der Waals surface area contributed by atoms with Crippen LogP contribution < -0.4 is 15.4 Å². The van der Waals surface area contributed by atoms with Gasteiger partial charge in [-0.2, -0.15) is 0 Å². The van der Waals surface area contributed by atoms with Gasteiger partial charge in [0.15, 0.2) is 0 Å². The predicted molar refractivity (Wildman–Crippen MR) is 110 cm³/mol. The van der Waals surface area contributed by atoms with Crippen molar-refractivity contribution in [3.05, 3.63) is 59.4 Å². The van der Waals surface area contributed by atoms with E-state index in [1.165, 1.54) is 12.1 Å². The number of anilines is 1. The lowest BCUT2D eigenvalue weighted by atomic mass is 10.0. The Bertz CT molecular complexity index is 879. The summed E-state index contributed by atoms with van der Waals surface area (Å²) in [6.07, 6.45) is 1.42. The predicted octanol–water partition coefficient (Wildman–Crippen LogP) is 2.98. The molecule has 2 aromatic rings. The Hall–Kier alpha value is -2.93. The van der Waals surface area contributed by atoms with Crippen molar-refractivity contribution in [2.45, 2.75) is 25.8 Å². The van der Waals surface area contributed by atoms with Gasteiger partial charge in [-0.3, -0.25) is 14.5 Å². The molecule has 1 aliphatic heterocycles. The Balaban J connectivity index is 1.47. The highest BCUT2D eigenvalue weighted by Gasteiger charge is 2.23. The summed E-state index contributed by atoms with van der Waals surface area (Å²) in [6, 6.07) is 11.6. The summed E-state index contributed by atoms with van der Waals surface area (Å²) in [4.78, 5) is 26.7. The number of carbonyl (C=O) groups is 2. The molecule has 0 atom stereocenters. The van der Waals surface area contributed by atoms with Gasteiger partial charge in [-0.1, -0.05) is 18.2 Å². The van der Waals surface area contributed by atoms with Gasteiger partial charge >= 0.3 is 0 Å². The molecule has 1 fully saturated rings. The first-order valence-electron chi connectivity index (χ1n) is 9.68. The van der Waals surface area contributed by atoms with Gasteiger partial charge < -0.3 is 15.4 Å². The van der Waals surface area contributed by atoms with Crippen molar-refractivity contribution in [3.8, 4) is 5.75 Å². The van der Waals surface area contributed by atoms with E-state index in [0.29, 0.717) is 37.4 Å². The summed E-state index contributed by atoms with van der Waals surface area (Å²) in [5.74, 6) is -0.405. The molecule has 0 spiro atoms. The lowest BCUT2D eigenvalue weighted by Crippen LogP contribution is -2.46. The molecule has 6 nitrogen and oxygen atoms in total. The van der Waals surface area contributed by atoms with E-state index < -0.39 is 11.7 Å². The summed E-state index contributed by atoms with van der Waals surface area (Å²) in [5, 5.41) is 5.79. The number of nitrogens with one attached hydrogen (secondary N) is 2. The van der Waals surface area contributed by atoms with Gasteiger partial charge in [0.2, 0.25) is 5.91 Å². The minimum atomic E-state index is -0.523. The van der Waals surface area contributed by atoms with Gasteiger partial charge in [0, 0.05) is 19.1 Å². The Morgan fingerprint density at radius 1 is 1.17 bits per heavy atom. The molecule has 29 heavy (non-hydrogen) atoms. The number of halogens is 1. The quantitative estimate of drug-likeness (QED) is 0.784. The minimum Gasteiger partial charge on any atom is -0.495 e. The van der Waals surface area contributed by atoms with Crippen molar-refractivity contribution in [2.75, 3.05) is 32.1 Å². The van der Waals surface area contributed by atoms with E-state index in [0.717, 1.165) is 5.56 Å². The van der Waals surface area contributed by atoms with Gasteiger partial charge in [0.1, 0.15) is 11.6 Å². The van der Waals surface area contributed by atoms with Crippen molar-refractivity contribution < 1.29 is 18.7 Å². The average Bonchev–Trinajstić information content (AvgIpc) is 2.70. The average molecular weight is 399 g/mol. The molecule has 1 aliphatic rings. The van der Waals surface area contributed by atoms with E-state index in [1.807, 2.05) is 30.0 Å². The number of hydrogen-bond donors (Lipinski definition) is 2. The first-order chi connectivity index (χ1) is 14.0. The van der Waals surface area contributed by atoms with E-state index >= 15 is 0 Å². The largest absolute Gasteiger partial charge is 0.495 e. The normalized spacial score (nSPS) is 15.0. The summed E-state index contributed by atoms with van der Waals surface area (Å²) < 4.78 is 19.0. The standard InChI is InChI=1S/C22H26FN3O3/c1-15-7-8-20(29-2)19(13-15)25-21(27)14-26-11-9-16(10-12-26)24-22(28)17-5-3-4-6-18(17)23/h3-8,13,16H,9-12,14H2,1-2H3,(H,24,28)(H,25,27). The number of amides is 2. The molecule has 0 saturated carbocycles. The smallest absolute Gasteiger partial charge is 0.254 e. The van der Waals surface area contributed by atoms with Gasteiger partial charge in [-0.05, 0) is 49.6 Å². The molecule has 0 radical (unpaired) electrons. The fourth-order valence-corrected chi connectivity index (χ4v) is 3.46. The number of methoxy groups -OCH3 is 1. The molecule has 154 valence electrons. The lowest BCUT2D eigenvalue weighted by Gasteiger charge is -2.31. The molecule has 2 aromatic carbocycles. The summed E-state index contributed by atoms with van der Waals surface area (Å²) >= 11 is 0. The zero-order valence-corrected chi connectivity index (χ0v) is 16.7. The minimum absolute atomic E-state index is 0.0294. The maximum atomic E-state index is 13.7. The number of nitrogens with zero attached hydrogens (tertiary/aromatic N) is 1. The summed E-state index contributed by atoms with van der Waals surface area (Å²) in [6.45, 7) is 3.59. The fourth-order valence-electron chi connectivity index (χ4n) is 3.46. The molecule has 3 rings (SSSR count). The SMILES string of the molecule is COc1ccc(C)cc1NC(=O)CN1CCC(NC(=O)c2ccccc2F)CC1. The third kappa shape index (κ3) is 5.54. The van der Waals surface area contributed by atoms with Crippen LogP contribution in [0.2, 0.25) is 0 Å². The van der Waals surface area contributed by atoms with Crippen molar-refractivity contribution in [1.82, 2.24) is 10.2 Å². The fraction of sp³-hybridized carbons (Fsp3) is 0.364. The van der Waals surface area contributed by atoms with E-state index in [-0.39, 0.29) is 24.1 Å². The van der Waals surface area contributed by atoms with Crippen molar-refractivity contribution in [3.63, 3.8) is 0 Å². The number of hydrogen-bond acceptors (Lipinski definition) is 4. The zero-order chi connectivity index (χ0) is 20.8. The van der Waals surface area contributed by atoms with Crippen LogP contribution in [0, 0.1) is 12.7 Å². The first kappa shape index (κ1) is 20.8. The third-order valence-electron chi connectivity index (χ3n) is 5.04. The van der Waals surface area contributed by atoms with Crippen molar-refractivity contribution in [1.29, 1.82) is 0 Å². The number of carbonyl (C=O) groups excluding carboxylic acids is 2. The van der Waals surface area contributed by atoms with Gasteiger partial charge in [-0.25, -0.2) is 4.39 Å². The van der Waals surface area contributed by atoms with Crippen LogP contribution in [0.4, 0.5) is 10.1 Å². The highest BCUT2D eigenvalue weighted by atomic mass is 19.1. The maximum absolute atomic E-state index is 13.7. The second-order valence-electron chi connectivity index (χ2n) is 7.26. The molecule has 1 heterocycles. The Morgan fingerprint density at radius 2 is 1.90 bits per heavy atom. The molecule has 1 saturated heterocycles. The number of ether oxygens (including phenoxy) is 1. The van der Waals surface area contributed by atoms with Crippen LogP contribution in [0.25, 0.3) is 0 Å². The second kappa shape index (κ2) is 9.52. The summed E-state index contributed by atoms with van der Waals surface area (Å²) in [7, 11) is 1.57. The number of rotatable bonds is 6. The lowest BCUT2D eigenvalue weighted by molar-refractivity contribution is -0.117. The molecule has 0 bridgehead atoms. The van der Waals surface area contributed by atoms with E-state index in [1.54, 1.807) is 19.2 Å². The number of likely N-dealkylation sites (tertiary alicyclic amines) is 1. The highest BCUT2D eigenvalue weighted by Crippen LogP contribution is 2.25. The molecule has 2 N–H and O–H groups in total. The monoisotopic (exact) mass is 399 g/mol. The topological polar surface area (TPSA) is 70.7 Å². The molecule has 2 amide bonds. The van der Waals surface area contributed by atoms with Gasteiger partial charge in [0.05, 0.1) is 24.9 Å². The van der Waals surface area contributed by atoms with Crippen LogP contribution >= 0.6 is 0 Å². The molecule has 0 aliphatic carbocycles. The Labute approximate surface area is 170 Å². The van der Waals surface area contributed by atoms with Gasteiger partial charge in [-0.15, -0.1) is 0 Å². The van der Waals surface area contributed by atoms with Crippen LogP contribution in [-0.4, -0.2) is 49.5 Å². The third-order valence-corrected chi connectivity index (χ3v) is 5.04. The molecular weight excluding hydrogens is 373 g/mol. The zero-order valence-electron chi connectivity index (χ0n) is 16.7. The van der Waals surface area contributed by atoms with Crippen molar-refractivity contribution in [2.24, 2.45) is 0 Å². The van der Waals surface area contributed by atoms with Crippen LogP contribution in [0.1, 0.15) is 28.8 Å². The number of piperidine rings is 1. The first-order valence-corrected chi connectivity index (χ1v) is 9.68. The van der Waals surface area contributed by atoms with Crippen LogP contribution in [0.5, 0.6) is 5.75 Å². The maximum Gasteiger partial charge on any atom is 0.254 e. The second-order valence-corrected chi connectivity index (χ2v) is 7.26. The van der Waals surface area contributed by atoms with Gasteiger partial charge in [0.25, 0.3) is 5.91 Å². The van der Waals surface area contributed by atoms with Crippen LogP contribution in [0.15, 0.2) is 42.5 Å². The van der Waals surface area contributed by atoms with E-state index in [9.17, 15) is 14.0 Å². The van der Waals surface area contributed by atoms with E-state index in [2.05, 4.69) is 10.6 Å². The van der Waals surface area contributed by atoms with Crippen LogP contribution in [0.3, 0.4) is 0 Å². The Kier molecular flexibility index (Phi) is 6.82.